The molecule has 1 saturated carbocycles. The summed E-state index contributed by atoms with van der Waals surface area (Å²) in [6.07, 6.45) is 4.83. The molecule has 1 aliphatic heterocycles. The van der Waals surface area contributed by atoms with E-state index in [1.165, 1.54) is 24.8 Å². The van der Waals surface area contributed by atoms with E-state index >= 15 is 0 Å². The van der Waals surface area contributed by atoms with Gasteiger partial charge in [-0.3, -0.25) is 0 Å². The maximum atomic E-state index is 10.4. The van der Waals surface area contributed by atoms with Gasteiger partial charge in [0.1, 0.15) is 11.6 Å². The van der Waals surface area contributed by atoms with Gasteiger partial charge in [0.15, 0.2) is 0 Å². The van der Waals surface area contributed by atoms with E-state index in [0.29, 0.717) is 17.7 Å². The van der Waals surface area contributed by atoms with Crippen LogP contribution in [0.4, 0.5) is 5.82 Å². The summed E-state index contributed by atoms with van der Waals surface area (Å²) >= 11 is 0. The van der Waals surface area contributed by atoms with Crippen molar-refractivity contribution in [3.05, 3.63) is 35.4 Å². The van der Waals surface area contributed by atoms with Crippen LogP contribution in [0, 0.1) is 6.92 Å². The summed E-state index contributed by atoms with van der Waals surface area (Å²) in [5.41, 5.74) is 3.77. The van der Waals surface area contributed by atoms with Gasteiger partial charge in [-0.25, -0.2) is 0 Å². The SMILES string of the molecule is Cc1cc(NC2CCCN(C)C2)nnc1-c1ccc(C2CC2)cc1O. The van der Waals surface area contributed by atoms with Gasteiger partial charge in [0.25, 0.3) is 0 Å². The van der Waals surface area contributed by atoms with E-state index in [4.69, 9.17) is 0 Å². The topological polar surface area (TPSA) is 61.3 Å². The van der Waals surface area contributed by atoms with Crippen LogP contribution in [0.5, 0.6) is 5.75 Å². The van der Waals surface area contributed by atoms with E-state index in [-0.39, 0.29) is 0 Å². The number of aromatic nitrogens is 2. The molecule has 1 aliphatic carbocycles. The number of piperidine rings is 1. The number of aromatic hydroxyl groups is 1. The molecule has 0 spiro atoms. The molecule has 1 atom stereocenters. The fourth-order valence-electron chi connectivity index (χ4n) is 3.73. The maximum absolute atomic E-state index is 10.4. The molecule has 4 rings (SSSR count). The number of rotatable bonds is 4. The van der Waals surface area contributed by atoms with Crippen molar-refractivity contribution in [3.8, 4) is 17.0 Å². The minimum Gasteiger partial charge on any atom is -0.507 e. The molecule has 5 nitrogen and oxygen atoms in total. The highest BCUT2D eigenvalue weighted by atomic mass is 16.3. The van der Waals surface area contributed by atoms with Gasteiger partial charge in [-0.1, -0.05) is 6.07 Å². The van der Waals surface area contributed by atoms with E-state index in [0.717, 1.165) is 42.1 Å². The molecular weight excluding hydrogens is 312 g/mol. The minimum absolute atomic E-state index is 0.302. The zero-order valence-electron chi connectivity index (χ0n) is 15.0. The molecule has 2 fully saturated rings. The number of likely N-dealkylation sites (tertiary alicyclic amines) is 1. The van der Waals surface area contributed by atoms with Crippen molar-refractivity contribution in [2.24, 2.45) is 0 Å². The number of aryl methyl sites for hydroxylation is 1. The fraction of sp³-hybridized carbons (Fsp3) is 0.500. The summed E-state index contributed by atoms with van der Waals surface area (Å²) in [6, 6.07) is 8.43. The Bertz CT molecular complexity index is 772. The predicted molar refractivity (Wildman–Crippen MR) is 100.0 cm³/mol. The van der Waals surface area contributed by atoms with Crippen molar-refractivity contribution in [3.63, 3.8) is 0 Å². The zero-order valence-corrected chi connectivity index (χ0v) is 15.0. The number of phenolic OH excluding ortho intramolecular Hbond substituents is 1. The summed E-state index contributed by atoms with van der Waals surface area (Å²) < 4.78 is 0. The van der Waals surface area contributed by atoms with Crippen LogP contribution in [-0.4, -0.2) is 46.4 Å². The molecule has 132 valence electrons. The lowest BCUT2D eigenvalue weighted by Gasteiger charge is -2.30. The first-order valence-electron chi connectivity index (χ1n) is 9.23. The molecule has 1 unspecified atom stereocenters. The van der Waals surface area contributed by atoms with Crippen molar-refractivity contribution in [2.75, 3.05) is 25.5 Å². The Hall–Kier alpha value is -2.14. The van der Waals surface area contributed by atoms with E-state index < -0.39 is 0 Å². The van der Waals surface area contributed by atoms with Crippen LogP contribution < -0.4 is 5.32 Å². The molecule has 2 aromatic rings. The van der Waals surface area contributed by atoms with Crippen molar-refractivity contribution < 1.29 is 5.11 Å². The largest absolute Gasteiger partial charge is 0.507 e. The van der Waals surface area contributed by atoms with Crippen LogP contribution in [0.3, 0.4) is 0 Å². The molecule has 0 bridgehead atoms. The second-order valence-corrected chi connectivity index (χ2v) is 7.56. The van der Waals surface area contributed by atoms with Gasteiger partial charge in [0.05, 0.1) is 5.69 Å². The van der Waals surface area contributed by atoms with Crippen LogP contribution in [0.1, 0.15) is 42.7 Å². The summed E-state index contributed by atoms with van der Waals surface area (Å²) in [6.45, 7) is 4.22. The Morgan fingerprint density at radius 2 is 2.00 bits per heavy atom. The second-order valence-electron chi connectivity index (χ2n) is 7.56. The average Bonchev–Trinajstić information content (AvgIpc) is 3.41. The van der Waals surface area contributed by atoms with Crippen molar-refractivity contribution in [2.45, 2.75) is 44.6 Å². The third kappa shape index (κ3) is 3.61. The maximum Gasteiger partial charge on any atom is 0.149 e. The minimum atomic E-state index is 0.302. The number of nitrogens with one attached hydrogen (secondary N) is 1. The molecule has 25 heavy (non-hydrogen) atoms. The number of nitrogens with zero attached hydrogens (tertiary/aromatic N) is 3. The monoisotopic (exact) mass is 338 g/mol. The van der Waals surface area contributed by atoms with Crippen LogP contribution in [0.25, 0.3) is 11.3 Å². The quantitative estimate of drug-likeness (QED) is 0.893. The van der Waals surface area contributed by atoms with Crippen molar-refractivity contribution in [1.82, 2.24) is 15.1 Å². The number of likely N-dealkylation sites (N-methyl/N-ethyl adjacent to an activating group) is 1. The van der Waals surface area contributed by atoms with E-state index in [9.17, 15) is 5.11 Å². The van der Waals surface area contributed by atoms with Gasteiger partial charge < -0.3 is 15.3 Å². The first-order chi connectivity index (χ1) is 12.1. The van der Waals surface area contributed by atoms with Crippen LogP contribution in [-0.2, 0) is 0 Å². The molecule has 1 aromatic heterocycles. The second kappa shape index (κ2) is 6.64. The molecule has 2 N–H and O–H groups in total. The summed E-state index contributed by atoms with van der Waals surface area (Å²) in [4.78, 5) is 2.34. The number of benzene rings is 1. The summed E-state index contributed by atoms with van der Waals surface area (Å²) in [7, 11) is 2.15. The number of anilines is 1. The van der Waals surface area contributed by atoms with Gasteiger partial charge in [0, 0.05) is 18.2 Å². The molecular formula is C20H26N4O. The molecule has 0 radical (unpaired) electrons. The van der Waals surface area contributed by atoms with Crippen LogP contribution in [0.15, 0.2) is 24.3 Å². The van der Waals surface area contributed by atoms with Gasteiger partial charge in [-0.15, -0.1) is 10.2 Å². The molecule has 2 aliphatic rings. The molecule has 0 amide bonds. The Morgan fingerprint density at radius 1 is 1.16 bits per heavy atom. The number of phenols is 1. The third-order valence-electron chi connectivity index (χ3n) is 5.29. The lowest BCUT2D eigenvalue weighted by Crippen LogP contribution is -2.39. The van der Waals surface area contributed by atoms with Gasteiger partial charge in [0.2, 0.25) is 0 Å². The Kier molecular flexibility index (Phi) is 4.34. The van der Waals surface area contributed by atoms with Crippen LogP contribution >= 0.6 is 0 Å². The van der Waals surface area contributed by atoms with Gasteiger partial charge in [-0.2, -0.15) is 0 Å². The standard InChI is InChI=1S/C20H26N4O/c1-13-10-19(21-16-4-3-9-24(2)12-16)22-23-20(13)17-8-7-15(11-18(17)25)14-5-6-14/h7-8,10-11,14,16,25H,3-6,9,12H2,1-2H3,(H,21,22). The van der Waals surface area contributed by atoms with Gasteiger partial charge >= 0.3 is 0 Å². The highest BCUT2D eigenvalue weighted by Crippen LogP contribution is 2.42. The van der Waals surface area contributed by atoms with Gasteiger partial charge in [-0.05, 0) is 81.4 Å². The smallest absolute Gasteiger partial charge is 0.149 e. The van der Waals surface area contributed by atoms with E-state index in [1.807, 2.05) is 25.1 Å². The summed E-state index contributed by atoms with van der Waals surface area (Å²) in [5, 5.41) is 22.7. The normalized spacial score (nSPS) is 21.3. The lowest BCUT2D eigenvalue weighted by atomic mass is 10.0. The molecule has 1 aromatic carbocycles. The number of hydrogen-bond acceptors (Lipinski definition) is 5. The fourth-order valence-corrected chi connectivity index (χ4v) is 3.73. The van der Waals surface area contributed by atoms with E-state index in [2.05, 4.69) is 33.5 Å². The zero-order chi connectivity index (χ0) is 17.4. The predicted octanol–water partition coefficient (Wildman–Crippen LogP) is 3.54. The Morgan fingerprint density at radius 3 is 2.68 bits per heavy atom. The molecule has 2 heterocycles. The van der Waals surface area contributed by atoms with Crippen molar-refractivity contribution in [1.29, 1.82) is 0 Å². The highest BCUT2D eigenvalue weighted by molar-refractivity contribution is 5.70. The third-order valence-corrected chi connectivity index (χ3v) is 5.29. The summed E-state index contributed by atoms with van der Waals surface area (Å²) in [5.74, 6) is 1.75. The van der Waals surface area contributed by atoms with Crippen molar-refractivity contribution >= 4 is 5.82 Å². The molecule has 5 heteroatoms. The number of hydrogen-bond donors (Lipinski definition) is 2. The first-order valence-corrected chi connectivity index (χ1v) is 9.23. The first kappa shape index (κ1) is 16.3. The lowest BCUT2D eigenvalue weighted by molar-refractivity contribution is 0.260. The van der Waals surface area contributed by atoms with E-state index in [1.54, 1.807) is 0 Å². The Balaban J connectivity index is 1.53. The Labute approximate surface area is 149 Å². The van der Waals surface area contributed by atoms with Crippen LogP contribution in [0.2, 0.25) is 0 Å². The highest BCUT2D eigenvalue weighted by Gasteiger charge is 2.24. The average molecular weight is 338 g/mol. The molecule has 1 saturated heterocycles.